The molecule has 0 N–H and O–H groups in total. The predicted molar refractivity (Wildman–Crippen MR) is 48.3 cm³/mol. The van der Waals surface area contributed by atoms with E-state index in [0.717, 1.165) is 11.3 Å². The van der Waals surface area contributed by atoms with Crippen molar-refractivity contribution in [3.8, 4) is 0 Å². The molecule has 0 unspecified atom stereocenters. The van der Waals surface area contributed by atoms with Gasteiger partial charge < -0.3 is 0 Å². The van der Waals surface area contributed by atoms with Gasteiger partial charge in [0.05, 0.1) is 0 Å². The minimum atomic E-state index is -0.766. The molecule has 1 aromatic carbocycles. The summed E-state index contributed by atoms with van der Waals surface area (Å²) in [4.78, 5) is 0. The van der Waals surface area contributed by atoms with Gasteiger partial charge in [0.25, 0.3) is 0 Å². The van der Waals surface area contributed by atoms with Gasteiger partial charge in [0.1, 0.15) is 0 Å². The Morgan fingerprint density at radius 2 is 2.00 bits per heavy atom. The average Bonchev–Trinajstić information content (AvgIpc) is 2.07. The number of hydrogen-bond acceptors (Lipinski definition) is 1. The summed E-state index contributed by atoms with van der Waals surface area (Å²) in [5, 5.41) is 0. The second-order valence-corrected chi connectivity index (χ2v) is 3.44. The zero-order valence-corrected chi connectivity index (χ0v) is 7.84. The molecule has 0 heterocycles. The molecule has 0 aliphatic heterocycles. The smallest absolute Gasteiger partial charge is 0.162 e. The molecule has 0 aliphatic rings. The van der Waals surface area contributed by atoms with Crippen LogP contribution in [0.5, 0.6) is 0 Å². The quantitative estimate of drug-likeness (QED) is 0.687. The van der Waals surface area contributed by atoms with E-state index in [1.807, 2.05) is 6.26 Å². The Kier molecular flexibility index (Phi) is 3.09. The molecular weight excluding hydrogens is 178 g/mol. The van der Waals surface area contributed by atoms with E-state index in [-0.39, 0.29) is 0 Å². The molecule has 0 saturated heterocycles. The maximum atomic E-state index is 12.9. The van der Waals surface area contributed by atoms with Gasteiger partial charge in [-0.05, 0) is 30.4 Å². The highest BCUT2D eigenvalue weighted by Gasteiger charge is 2.08. The zero-order chi connectivity index (χ0) is 9.14. The summed E-state index contributed by atoms with van der Waals surface area (Å²) in [6, 6.07) is 2.80. The monoisotopic (exact) mass is 188 g/mol. The van der Waals surface area contributed by atoms with Crippen LogP contribution < -0.4 is 0 Å². The number of hydrogen-bond donors (Lipinski definition) is 0. The molecule has 0 saturated carbocycles. The Labute approximate surface area is 75.0 Å². The van der Waals surface area contributed by atoms with Crippen LogP contribution in [0.4, 0.5) is 8.78 Å². The van der Waals surface area contributed by atoms with E-state index < -0.39 is 11.6 Å². The Hall–Kier alpha value is -0.570. The first kappa shape index (κ1) is 9.52. The fourth-order valence-corrected chi connectivity index (χ4v) is 1.63. The van der Waals surface area contributed by atoms with Crippen LogP contribution in [0, 0.1) is 18.6 Å². The fourth-order valence-electron chi connectivity index (χ4n) is 1.00. The maximum Gasteiger partial charge on any atom is 0.162 e. The van der Waals surface area contributed by atoms with Crippen molar-refractivity contribution >= 4 is 11.8 Å². The van der Waals surface area contributed by atoms with Crippen LogP contribution in [0.3, 0.4) is 0 Å². The third-order valence-electron chi connectivity index (χ3n) is 1.75. The van der Waals surface area contributed by atoms with Crippen LogP contribution in [0.15, 0.2) is 12.1 Å². The van der Waals surface area contributed by atoms with Crippen LogP contribution in [-0.2, 0) is 5.75 Å². The summed E-state index contributed by atoms with van der Waals surface area (Å²) < 4.78 is 25.5. The van der Waals surface area contributed by atoms with Crippen molar-refractivity contribution in [3.05, 3.63) is 34.9 Å². The summed E-state index contributed by atoms with van der Waals surface area (Å²) in [7, 11) is 0. The zero-order valence-electron chi connectivity index (χ0n) is 7.03. The molecule has 66 valence electrons. The van der Waals surface area contributed by atoms with Gasteiger partial charge in [0.15, 0.2) is 11.6 Å². The lowest BCUT2D eigenvalue weighted by atomic mass is 10.1. The van der Waals surface area contributed by atoms with Gasteiger partial charge in [-0.2, -0.15) is 11.8 Å². The van der Waals surface area contributed by atoms with E-state index in [9.17, 15) is 8.78 Å². The summed E-state index contributed by atoms with van der Waals surface area (Å²) in [5.74, 6) is -0.762. The van der Waals surface area contributed by atoms with Gasteiger partial charge in [-0.3, -0.25) is 0 Å². The molecule has 12 heavy (non-hydrogen) atoms. The average molecular weight is 188 g/mol. The minimum Gasteiger partial charge on any atom is -0.204 e. The second-order valence-electron chi connectivity index (χ2n) is 2.58. The first-order valence-corrected chi connectivity index (χ1v) is 4.98. The van der Waals surface area contributed by atoms with Crippen molar-refractivity contribution in [3.63, 3.8) is 0 Å². The predicted octanol–water partition coefficient (Wildman–Crippen LogP) is 3.14. The second kappa shape index (κ2) is 3.90. The summed E-state index contributed by atoms with van der Waals surface area (Å²) in [5.41, 5.74) is 1.28. The highest BCUT2D eigenvalue weighted by molar-refractivity contribution is 7.97. The molecule has 0 atom stereocenters. The maximum absolute atomic E-state index is 12.9. The molecule has 1 aromatic rings. The molecule has 0 bridgehead atoms. The topological polar surface area (TPSA) is 0 Å². The van der Waals surface area contributed by atoms with Gasteiger partial charge in [0, 0.05) is 5.75 Å². The summed E-state index contributed by atoms with van der Waals surface area (Å²) in [6.07, 6.45) is 1.93. The fraction of sp³-hybridized carbons (Fsp3) is 0.333. The number of benzene rings is 1. The van der Waals surface area contributed by atoms with Crippen molar-refractivity contribution in [2.24, 2.45) is 0 Å². The first-order valence-electron chi connectivity index (χ1n) is 3.59. The summed E-state index contributed by atoms with van der Waals surface area (Å²) in [6.45, 7) is 1.60. The van der Waals surface area contributed by atoms with E-state index >= 15 is 0 Å². The molecule has 0 spiro atoms. The molecule has 0 fully saturated rings. The molecule has 3 heteroatoms. The number of halogens is 2. The van der Waals surface area contributed by atoms with E-state index in [1.54, 1.807) is 24.8 Å². The highest BCUT2D eigenvalue weighted by Crippen LogP contribution is 2.19. The third kappa shape index (κ3) is 1.78. The first-order chi connectivity index (χ1) is 5.66. The number of rotatable bonds is 2. The van der Waals surface area contributed by atoms with Crippen LogP contribution in [-0.4, -0.2) is 6.26 Å². The standard InChI is InChI=1S/C9H10F2S/c1-6-7(5-12-2)3-4-8(10)9(6)11/h3-4H,5H2,1-2H3. The molecule has 0 aromatic heterocycles. The van der Waals surface area contributed by atoms with Crippen LogP contribution >= 0.6 is 11.8 Å². The molecule has 0 amide bonds. The van der Waals surface area contributed by atoms with Gasteiger partial charge in [-0.25, -0.2) is 8.78 Å². The van der Waals surface area contributed by atoms with Gasteiger partial charge >= 0.3 is 0 Å². The van der Waals surface area contributed by atoms with E-state index in [4.69, 9.17) is 0 Å². The third-order valence-corrected chi connectivity index (χ3v) is 2.35. The SMILES string of the molecule is CSCc1ccc(F)c(F)c1C. The van der Waals surface area contributed by atoms with Crippen molar-refractivity contribution in [1.29, 1.82) is 0 Å². The molecule has 0 nitrogen and oxygen atoms in total. The van der Waals surface area contributed by atoms with Crippen LogP contribution in [0.1, 0.15) is 11.1 Å². The Balaban J connectivity index is 3.08. The Morgan fingerprint density at radius 3 is 2.58 bits per heavy atom. The number of thioether (sulfide) groups is 1. The van der Waals surface area contributed by atoms with Crippen molar-refractivity contribution in [1.82, 2.24) is 0 Å². The summed E-state index contributed by atoms with van der Waals surface area (Å²) >= 11 is 1.59. The van der Waals surface area contributed by atoms with Gasteiger partial charge in [0.2, 0.25) is 0 Å². The highest BCUT2D eigenvalue weighted by atomic mass is 32.2. The van der Waals surface area contributed by atoms with Crippen molar-refractivity contribution in [2.45, 2.75) is 12.7 Å². The van der Waals surface area contributed by atoms with Crippen molar-refractivity contribution < 1.29 is 8.78 Å². The van der Waals surface area contributed by atoms with Crippen LogP contribution in [0.25, 0.3) is 0 Å². The van der Waals surface area contributed by atoms with E-state index in [0.29, 0.717) is 5.56 Å². The lowest BCUT2D eigenvalue weighted by molar-refractivity contribution is 0.502. The molecular formula is C9H10F2S. The lowest BCUT2D eigenvalue weighted by Crippen LogP contribution is -1.94. The van der Waals surface area contributed by atoms with Crippen molar-refractivity contribution in [2.75, 3.05) is 6.26 Å². The van der Waals surface area contributed by atoms with Gasteiger partial charge in [-0.15, -0.1) is 0 Å². The Morgan fingerprint density at radius 1 is 1.33 bits per heavy atom. The normalized spacial score (nSPS) is 10.3. The largest absolute Gasteiger partial charge is 0.204 e. The Bertz CT molecular complexity index is 284. The molecule has 1 rings (SSSR count). The minimum absolute atomic E-state index is 0.421. The van der Waals surface area contributed by atoms with E-state index in [2.05, 4.69) is 0 Å². The molecule has 0 aliphatic carbocycles. The molecule has 0 radical (unpaired) electrons. The van der Waals surface area contributed by atoms with Gasteiger partial charge in [-0.1, -0.05) is 6.07 Å². The lowest BCUT2D eigenvalue weighted by Gasteiger charge is -2.04. The van der Waals surface area contributed by atoms with Crippen LogP contribution in [0.2, 0.25) is 0 Å². The van der Waals surface area contributed by atoms with E-state index in [1.165, 1.54) is 6.07 Å².